The Morgan fingerprint density at radius 2 is 2.10 bits per heavy atom. The van der Waals surface area contributed by atoms with E-state index in [2.05, 4.69) is 17.2 Å². The maximum atomic E-state index is 12.4. The van der Waals surface area contributed by atoms with Gasteiger partial charge in [-0.15, -0.1) is 5.10 Å². The van der Waals surface area contributed by atoms with Gasteiger partial charge < -0.3 is 14.6 Å². The zero-order valence-corrected chi connectivity index (χ0v) is 18.2. The maximum absolute atomic E-state index is 12.4. The summed E-state index contributed by atoms with van der Waals surface area (Å²) in [6.07, 6.45) is 6.17. The molecule has 7 nitrogen and oxygen atoms in total. The fraction of sp³-hybridized carbons (Fsp3) is 0.625. The number of esters is 1. The second-order valence-corrected chi connectivity index (χ2v) is 9.97. The van der Waals surface area contributed by atoms with Crippen molar-refractivity contribution < 1.29 is 19.4 Å². The molecule has 2 aliphatic carbocycles. The van der Waals surface area contributed by atoms with Crippen molar-refractivity contribution in [2.75, 3.05) is 13.7 Å². The lowest BCUT2D eigenvalue weighted by atomic mass is 9.52. The molecule has 1 aromatic carbocycles. The van der Waals surface area contributed by atoms with Crippen LogP contribution in [0.4, 0.5) is 0 Å². The number of aliphatic hydroxyl groups is 1. The predicted octanol–water partition coefficient (Wildman–Crippen LogP) is 3.08. The number of carbonyl (C=O) groups excluding carboxylic acids is 1. The van der Waals surface area contributed by atoms with Crippen molar-refractivity contribution in [1.82, 2.24) is 15.0 Å². The Bertz CT molecular complexity index is 947. The number of ether oxygens (including phenoxy) is 2. The van der Waals surface area contributed by atoms with Gasteiger partial charge in [0.2, 0.25) is 0 Å². The standard InChI is InChI=1S/C24H31N3O4/c1-23-9-6-10-24(29,15-27-13-19(25-26-27)16-7-4-3-5-8-16)21(23)11-17-18(14-30-2)22(28)31-20(17)12-23/h3-5,7-8,13,17-18,20-21,29H,6,9-12,14-15H2,1-2H3/t17-,18+,20-,21-,23-,24+/m1/s1. The van der Waals surface area contributed by atoms with E-state index in [4.69, 9.17) is 9.47 Å². The quantitative estimate of drug-likeness (QED) is 0.741. The molecule has 0 unspecified atom stereocenters. The van der Waals surface area contributed by atoms with Crippen LogP contribution in [-0.2, 0) is 20.8 Å². The number of hydrogen-bond donors (Lipinski definition) is 1. The van der Waals surface area contributed by atoms with Crippen molar-refractivity contribution in [2.45, 2.75) is 57.3 Å². The van der Waals surface area contributed by atoms with Crippen molar-refractivity contribution >= 4 is 5.97 Å². The molecule has 5 rings (SSSR count). The number of aromatic nitrogens is 3. The molecule has 2 aromatic rings. The van der Waals surface area contributed by atoms with Crippen LogP contribution < -0.4 is 0 Å². The molecule has 6 atom stereocenters. The lowest BCUT2D eigenvalue weighted by Crippen LogP contribution is -2.57. The van der Waals surface area contributed by atoms with Crippen molar-refractivity contribution in [3.63, 3.8) is 0 Å². The monoisotopic (exact) mass is 425 g/mol. The van der Waals surface area contributed by atoms with E-state index in [0.717, 1.165) is 43.4 Å². The van der Waals surface area contributed by atoms with Crippen LogP contribution in [0.2, 0.25) is 0 Å². The van der Waals surface area contributed by atoms with Gasteiger partial charge in [0, 0.05) is 18.6 Å². The zero-order valence-electron chi connectivity index (χ0n) is 18.2. The lowest BCUT2D eigenvalue weighted by Gasteiger charge is -2.55. The number of rotatable bonds is 5. The average molecular weight is 426 g/mol. The van der Waals surface area contributed by atoms with E-state index in [1.54, 1.807) is 11.8 Å². The van der Waals surface area contributed by atoms with Crippen LogP contribution in [-0.4, -0.2) is 51.5 Å². The average Bonchev–Trinajstić information content (AvgIpc) is 3.31. The van der Waals surface area contributed by atoms with Crippen molar-refractivity contribution in [2.24, 2.45) is 23.2 Å². The fourth-order valence-corrected chi connectivity index (χ4v) is 6.50. The van der Waals surface area contributed by atoms with Gasteiger partial charge in [-0.1, -0.05) is 42.5 Å². The van der Waals surface area contributed by atoms with Crippen LogP contribution in [0.3, 0.4) is 0 Å². The smallest absolute Gasteiger partial charge is 0.311 e. The summed E-state index contributed by atoms with van der Waals surface area (Å²) in [4.78, 5) is 12.4. The number of fused-ring (bicyclic) bond motifs is 2. The normalized spacial score (nSPS) is 37.2. The van der Waals surface area contributed by atoms with Crippen molar-refractivity contribution in [3.8, 4) is 11.3 Å². The molecule has 166 valence electrons. The number of hydrogen-bond acceptors (Lipinski definition) is 6. The summed E-state index contributed by atoms with van der Waals surface area (Å²) in [6, 6.07) is 9.96. The Hall–Kier alpha value is -2.25. The van der Waals surface area contributed by atoms with E-state index < -0.39 is 5.60 Å². The van der Waals surface area contributed by atoms with E-state index in [9.17, 15) is 9.90 Å². The molecule has 1 aliphatic heterocycles. The number of carbonyl (C=O) groups is 1. The maximum Gasteiger partial charge on any atom is 0.311 e. The van der Waals surface area contributed by atoms with Gasteiger partial charge in [0.05, 0.1) is 30.9 Å². The van der Waals surface area contributed by atoms with Gasteiger partial charge in [-0.2, -0.15) is 0 Å². The van der Waals surface area contributed by atoms with Crippen molar-refractivity contribution in [1.29, 1.82) is 0 Å². The van der Waals surface area contributed by atoms with Crippen LogP contribution in [0.15, 0.2) is 36.5 Å². The van der Waals surface area contributed by atoms with Gasteiger partial charge in [-0.05, 0) is 43.4 Å². The van der Waals surface area contributed by atoms with E-state index in [-0.39, 0.29) is 35.2 Å². The van der Waals surface area contributed by atoms with Gasteiger partial charge in [0.1, 0.15) is 11.8 Å². The first-order valence-electron chi connectivity index (χ1n) is 11.3. The van der Waals surface area contributed by atoms with E-state index >= 15 is 0 Å². The van der Waals surface area contributed by atoms with Gasteiger partial charge in [-0.3, -0.25) is 4.79 Å². The topological polar surface area (TPSA) is 86.5 Å². The predicted molar refractivity (Wildman–Crippen MR) is 114 cm³/mol. The lowest BCUT2D eigenvalue weighted by molar-refractivity contribution is -0.165. The molecular formula is C24H31N3O4. The van der Waals surface area contributed by atoms with Gasteiger partial charge in [-0.25, -0.2) is 4.68 Å². The summed E-state index contributed by atoms with van der Waals surface area (Å²) in [5.41, 5.74) is 0.877. The largest absolute Gasteiger partial charge is 0.462 e. The SMILES string of the molecule is COC[C@@H]1C(=O)O[C@@H]2C[C@@]3(C)CCC[C@](O)(Cn4cc(-c5ccccc5)nn4)[C@@H]3C[C@H]12. The highest BCUT2D eigenvalue weighted by Gasteiger charge is 2.60. The second-order valence-electron chi connectivity index (χ2n) is 9.97. The summed E-state index contributed by atoms with van der Waals surface area (Å²) >= 11 is 0. The van der Waals surface area contributed by atoms with Crippen molar-refractivity contribution in [3.05, 3.63) is 36.5 Å². The number of nitrogens with zero attached hydrogens (tertiary/aromatic N) is 3. The highest BCUT2D eigenvalue weighted by molar-refractivity contribution is 5.75. The molecule has 2 heterocycles. The molecule has 0 amide bonds. The minimum Gasteiger partial charge on any atom is -0.462 e. The van der Waals surface area contributed by atoms with Gasteiger partial charge >= 0.3 is 5.97 Å². The molecule has 0 bridgehead atoms. The van der Waals surface area contributed by atoms with Gasteiger partial charge in [0.25, 0.3) is 0 Å². The molecule has 0 spiro atoms. The first kappa shape index (κ1) is 20.6. The summed E-state index contributed by atoms with van der Waals surface area (Å²) < 4.78 is 12.8. The van der Waals surface area contributed by atoms with Crippen LogP contribution in [0.5, 0.6) is 0 Å². The summed E-state index contributed by atoms with van der Waals surface area (Å²) in [6.45, 7) is 3.05. The minimum absolute atomic E-state index is 0.0563. The third kappa shape index (κ3) is 3.57. The molecule has 3 aliphatic rings. The highest BCUT2D eigenvalue weighted by Crippen LogP contribution is 2.58. The van der Waals surface area contributed by atoms with Crippen LogP contribution in [0.1, 0.15) is 39.0 Å². The summed E-state index contributed by atoms with van der Waals surface area (Å²) in [5, 5.41) is 20.6. The van der Waals surface area contributed by atoms with Crippen LogP contribution in [0.25, 0.3) is 11.3 Å². The molecule has 1 saturated heterocycles. The molecular weight excluding hydrogens is 394 g/mol. The van der Waals surface area contributed by atoms with E-state index in [0.29, 0.717) is 13.2 Å². The molecule has 0 radical (unpaired) electrons. The van der Waals surface area contributed by atoms with Crippen LogP contribution in [0, 0.1) is 23.2 Å². The van der Waals surface area contributed by atoms with Gasteiger partial charge in [0.15, 0.2) is 0 Å². The first-order chi connectivity index (χ1) is 14.9. The Labute approximate surface area is 182 Å². The first-order valence-corrected chi connectivity index (χ1v) is 11.3. The summed E-state index contributed by atoms with van der Waals surface area (Å²) in [7, 11) is 1.62. The Morgan fingerprint density at radius 3 is 2.87 bits per heavy atom. The Morgan fingerprint density at radius 1 is 1.29 bits per heavy atom. The molecule has 31 heavy (non-hydrogen) atoms. The molecule has 7 heteroatoms. The third-order valence-electron chi connectivity index (χ3n) is 7.98. The third-order valence-corrected chi connectivity index (χ3v) is 7.98. The number of benzene rings is 1. The minimum atomic E-state index is -0.886. The highest BCUT2D eigenvalue weighted by atomic mass is 16.6. The zero-order chi connectivity index (χ0) is 21.6. The second kappa shape index (κ2) is 7.71. The van der Waals surface area contributed by atoms with Crippen LogP contribution >= 0.6 is 0 Å². The molecule has 1 aromatic heterocycles. The molecule has 2 saturated carbocycles. The van der Waals surface area contributed by atoms with E-state index in [1.807, 2.05) is 36.5 Å². The molecule has 1 N–H and O–H groups in total. The summed E-state index contributed by atoms with van der Waals surface area (Å²) in [5.74, 6) is -0.202. The van der Waals surface area contributed by atoms with E-state index in [1.165, 1.54) is 0 Å². The number of methoxy groups -OCH3 is 1. The fourth-order valence-electron chi connectivity index (χ4n) is 6.50. The Kier molecular flexibility index (Phi) is 5.13. The Balaban J connectivity index is 1.40. The molecule has 3 fully saturated rings.